The maximum atomic E-state index is 3.14. The smallest absolute Gasteiger partial charge is 0.00886 e. The Bertz CT molecular complexity index is 95.5. The molecule has 0 N–H and O–H groups in total. The Morgan fingerprint density at radius 2 is 1.11 bits per heavy atom. The van der Waals surface area contributed by atoms with Crippen LogP contribution in [0.2, 0.25) is 0 Å². The van der Waals surface area contributed by atoms with Gasteiger partial charge in [-0.3, -0.25) is 4.70 Å². The third-order valence-electron chi connectivity index (χ3n) is 1.48. The third kappa shape index (κ3) is 4.02. The molecule has 0 bridgehead atoms. The van der Waals surface area contributed by atoms with Crippen LogP contribution in [0, 0.1) is 11.8 Å². The molecule has 1 aliphatic rings. The number of hydrogen-bond acceptors (Lipinski definition) is 0. The van der Waals surface area contributed by atoms with Crippen molar-refractivity contribution in [1.29, 1.82) is 0 Å². The molecule has 0 aliphatic heterocycles. The Labute approximate surface area is 56.0 Å². The number of rotatable bonds is 0. The molecule has 9 heavy (non-hydrogen) atoms. The van der Waals surface area contributed by atoms with Gasteiger partial charge in [-0.25, -0.2) is 0 Å². The van der Waals surface area contributed by atoms with E-state index in [-0.39, 0.29) is 4.70 Å². The fourth-order valence-corrected chi connectivity index (χ4v) is 0.957. The predicted octanol–water partition coefficient (Wildman–Crippen LogP) is 2.50. The van der Waals surface area contributed by atoms with Gasteiger partial charge in [-0.1, -0.05) is 12.8 Å². The SMILES string of the molecule is C1#CCCCCCC1.F. The van der Waals surface area contributed by atoms with Crippen LogP contribution in [0.5, 0.6) is 0 Å². The minimum atomic E-state index is 0. The average molecular weight is 128 g/mol. The average Bonchev–Trinajstić information content (AvgIpc) is 1.62. The first-order valence-corrected chi connectivity index (χ1v) is 3.46. The summed E-state index contributed by atoms with van der Waals surface area (Å²) >= 11 is 0. The first-order valence-electron chi connectivity index (χ1n) is 3.46. The summed E-state index contributed by atoms with van der Waals surface area (Å²) < 4.78 is 0. The van der Waals surface area contributed by atoms with Crippen molar-refractivity contribution in [3.05, 3.63) is 0 Å². The summed E-state index contributed by atoms with van der Waals surface area (Å²) in [6.45, 7) is 0. The van der Waals surface area contributed by atoms with Crippen molar-refractivity contribution in [3.63, 3.8) is 0 Å². The molecule has 1 heteroatoms. The van der Waals surface area contributed by atoms with Gasteiger partial charge in [-0.05, 0) is 12.8 Å². The van der Waals surface area contributed by atoms with Crippen molar-refractivity contribution in [2.75, 3.05) is 0 Å². The molecule has 0 unspecified atom stereocenters. The first-order chi connectivity index (χ1) is 4.00. The van der Waals surface area contributed by atoms with Gasteiger partial charge >= 0.3 is 0 Å². The molecule has 0 saturated heterocycles. The van der Waals surface area contributed by atoms with Crippen LogP contribution in [-0.2, 0) is 0 Å². The normalized spacial score (nSPS) is 17.8. The zero-order chi connectivity index (χ0) is 5.66. The van der Waals surface area contributed by atoms with Crippen molar-refractivity contribution in [2.45, 2.75) is 38.5 Å². The second-order valence-electron chi connectivity index (χ2n) is 2.27. The molecule has 0 nitrogen and oxygen atoms in total. The molecule has 0 aromatic heterocycles. The van der Waals surface area contributed by atoms with Crippen molar-refractivity contribution in [3.8, 4) is 11.8 Å². The molecule has 0 heterocycles. The van der Waals surface area contributed by atoms with E-state index in [1.54, 1.807) is 0 Å². The molecule has 0 amide bonds. The van der Waals surface area contributed by atoms with Crippen LogP contribution in [0.4, 0.5) is 4.70 Å². The Kier molecular flexibility index (Phi) is 5.30. The zero-order valence-electron chi connectivity index (χ0n) is 5.65. The van der Waals surface area contributed by atoms with Crippen molar-refractivity contribution in [1.82, 2.24) is 0 Å². The topological polar surface area (TPSA) is 0 Å². The van der Waals surface area contributed by atoms with Gasteiger partial charge in [-0.2, -0.15) is 0 Å². The summed E-state index contributed by atoms with van der Waals surface area (Å²) in [6.07, 6.45) is 7.73. The highest BCUT2D eigenvalue weighted by Crippen LogP contribution is 2.06. The van der Waals surface area contributed by atoms with Crippen LogP contribution in [0.15, 0.2) is 0 Å². The van der Waals surface area contributed by atoms with E-state index in [0.29, 0.717) is 0 Å². The van der Waals surface area contributed by atoms with Crippen molar-refractivity contribution in [2.24, 2.45) is 0 Å². The lowest BCUT2D eigenvalue weighted by Crippen LogP contribution is -1.80. The van der Waals surface area contributed by atoms with Gasteiger partial charge in [0.25, 0.3) is 0 Å². The van der Waals surface area contributed by atoms with Gasteiger partial charge in [-0.15, -0.1) is 11.8 Å². The minimum absolute atomic E-state index is 0. The van der Waals surface area contributed by atoms with Gasteiger partial charge in [0.05, 0.1) is 0 Å². The molecule has 0 aromatic carbocycles. The van der Waals surface area contributed by atoms with Crippen molar-refractivity contribution < 1.29 is 4.70 Å². The maximum Gasteiger partial charge on any atom is 0.00886 e. The van der Waals surface area contributed by atoms with Gasteiger partial charge < -0.3 is 0 Å². The predicted molar refractivity (Wildman–Crippen MR) is 38.0 cm³/mol. The lowest BCUT2D eigenvalue weighted by Gasteiger charge is -1.97. The van der Waals surface area contributed by atoms with Crippen LogP contribution in [-0.4, -0.2) is 0 Å². The summed E-state index contributed by atoms with van der Waals surface area (Å²) in [6, 6.07) is 0. The number of hydrogen-bond donors (Lipinski definition) is 0. The quantitative estimate of drug-likeness (QED) is 0.440. The highest BCUT2D eigenvalue weighted by molar-refractivity contribution is 4.99. The van der Waals surface area contributed by atoms with Gasteiger partial charge in [0.15, 0.2) is 0 Å². The fraction of sp³-hybridized carbons (Fsp3) is 0.750. The molecule has 0 spiro atoms. The minimum Gasteiger partial charge on any atom is -0.269 e. The number of halogens is 1. The van der Waals surface area contributed by atoms with E-state index in [0.717, 1.165) is 12.8 Å². The molecule has 0 aromatic rings. The standard InChI is InChI=1S/C8H12.FH/c1-2-4-6-8-7-5-3-1;/h1-6H2;1H. The van der Waals surface area contributed by atoms with Crippen LogP contribution in [0.25, 0.3) is 0 Å². The van der Waals surface area contributed by atoms with E-state index < -0.39 is 0 Å². The molecular weight excluding hydrogens is 115 g/mol. The first kappa shape index (κ1) is 8.49. The molecule has 52 valence electrons. The highest BCUT2D eigenvalue weighted by atomic mass is 19.0. The summed E-state index contributed by atoms with van der Waals surface area (Å²) in [4.78, 5) is 0. The summed E-state index contributed by atoms with van der Waals surface area (Å²) in [5.74, 6) is 6.27. The second-order valence-corrected chi connectivity index (χ2v) is 2.27. The largest absolute Gasteiger partial charge is 0.269 e. The van der Waals surface area contributed by atoms with Crippen LogP contribution >= 0.6 is 0 Å². The molecule has 1 aliphatic carbocycles. The molecule has 1 rings (SSSR count). The summed E-state index contributed by atoms with van der Waals surface area (Å²) in [5, 5.41) is 0. The van der Waals surface area contributed by atoms with E-state index in [4.69, 9.17) is 0 Å². The molecule has 0 atom stereocenters. The van der Waals surface area contributed by atoms with E-state index in [2.05, 4.69) is 11.8 Å². The third-order valence-corrected chi connectivity index (χ3v) is 1.48. The Morgan fingerprint density at radius 3 is 1.56 bits per heavy atom. The second kappa shape index (κ2) is 5.62. The zero-order valence-corrected chi connectivity index (χ0v) is 5.65. The van der Waals surface area contributed by atoms with Crippen LogP contribution in [0.1, 0.15) is 38.5 Å². The fourth-order valence-electron chi connectivity index (χ4n) is 0.957. The Hall–Kier alpha value is -0.510. The summed E-state index contributed by atoms with van der Waals surface area (Å²) in [7, 11) is 0. The van der Waals surface area contributed by atoms with Crippen LogP contribution in [0.3, 0.4) is 0 Å². The van der Waals surface area contributed by atoms with Crippen LogP contribution < -0.4 is 0 Å². The summed E-state index contributed by atoms with van der Waals surface area (Å²) in [5.41, 5.74) is 0. The highest BCUT2D eigenvalue weighted by Gasteiger charge is 1.89. The Balaban J connectivity index is 0.000000640. The monoisotopic (exact) mass is 128 g/mol. The molecule has 0 fully saturated rings. The van der Waals surface area contributed by atoms with Crippen molar-refractivity contribution >= 4 is 0 Å². The van der Waals surface area contributed by atoms with Gasteiger partial charge in [0, 0.05) is 12.8 Å². The maximum absolute atomic E-state index is 3.14. The molecular formula is C8H13F. The Morgan fingerprint density at radius 1 is 0.667 bits per heavy atom. The van der Waals surface area contributed by atoms with E-state index >= 15 is 0 Å². The molecule has 0 saturated carbocycles. The van der Waals surface area contributed by atoms with E-state index in [1.165, 1.54) is 25.7 Å². The van der Waals surface area contributed by atoms with E-state index in [9.17, 15) is 0 Å². The lowest BCUT2D eigenvalue weighted by molar-refractivity contribution is 0.652. The van der Waals surface area contributed by atoms with Gasteiger partial charge in [0.1, 0.15) is 0 Å². The molecule has 0 radical (unpaired) electrons. The van der Waals surface area contributed by atoms with Gasteiger partial charge in [0.2, 0.25) is 0 Å². The van der Waals surface area contributed by atoms with E-state index in [1.807, 2.05) is 0 Å². The lowest BCUT2D eigenvalue weighted by atomic mass is 10.1.